The second-order valence-corrected chi connectivity index (χ2v) is 7.97. The summed E-state index contributed by atoms with van der Waals surface area (Å²) in [5.41, 5.74) is -0.508. The van der Waals surface area contributed by atoms with Gasteiger partial charge in [-0.15, -0.1) is 12.3 Å². The fourth-order valence-electron chi connectivity index (χ4n) is 3.26. The predicted molar refractivity (Wildman–Crippen MR) is 124 cm³/mol. The number of phenolic OH excluding ortho intramolecular Hbond substituents is 2. The number of benzene rings is 2. The van der Waals surface area contributed by atoms with E-state index in [0.717, 1.165) is 6.07 Å². The molecule has 1 aliphatic rings. The Bertz CT molecular complexity index is 1430. The smallest absolute Gasteiger partial charge is 0.413 e. The first-order valence-corrected chi connectivity index (χ1v) is 10.4. The zero-order valence-electron chi connectivity index (χ0n) is 18.4. The third kappa shape index (κ3) is 5.22. The van der Waals surface area contributed by atoms with Crippen LogP contribution in [0.15, 0.2) is 62.1 Å². The van der Waals surface area contributed by atoms with E-state index >= 15 is 0 Å². The standard InChI is InChI=1S/C24H20N4O7/c1-3-4-17(22(32)25-12-24(2)27-28-24)26-23(33)35-15-7-5-13(6-8-15)16-11-34-19-10-14(29)9-18(30)20(19)21(16)31/h1,5-11,17,29-30H,4,12H2,2H3,(H,25,32)(H,26,33). The monoisotopic (exact) mass is 476 g/mol. The van der Waals surface area contributed by atoms with E-state index in [1.807, 2.05) is 0 Å². The molecule has 11 heteroatoms. The van der Waals surface area contributed by atoms with E-state index in [0.29, 0.717) is 5.56 Å². The van der Waals surface area contributed by atoms with Crippen LogP contribution >= 0.6 is 0 Å². The Balaban J connectivity index is 1.43. The van der Waals surface area contributed by atoms with Crippen molar-refractivity contribution in [2.75, 3.05) is 6.54 Å². The first-order valence-electron chi connectivity index (χ1n) is 10.4. The Morgan fingerprint density at radius 2 is 1.94 bits per heavy atom. The number of carbonyl (C=O) groups excluding carboxylic acids is 2. The number of rotatable bonds is 7. The number of terminal acetylenes is 1. The molecule has 35 heavy (non-hydrogen) atoms. The maximum atomic E-state index is 12.8. The summed E-state index contributed by atoms with van der Waals surface area (Å²) in [7, 11) is 0. The third-order valence-corrected chi connectivity index (χ3v) is 5.19. The summed E-state index contributed by atoms with van der Waals surface area (Å²) >= 11 is 0. The van der Waals surface area contributed by atoms with E-state index in [9.17, 15) is 24.6 Å². The molecular formula is C24H20N4O7. The largest absolute Gasteiger partial charge is 0.508 e. The predicted octanol–water partition coefficient (Wildman–Crippen LogP) is 2.65. The summed E-state index contributed by atoms with van der Waals surface area (Å²) in [6.07, 6.45) is 5.57. The summed E-state index contributed by atoms with van der Waals surface area (Å²) in [5.74, 6) is 1.34. The fourth-order valence-corrected chi connectivity index (χ4v) is 3.26. The van der Waals surface area contributed by atoms with Gasteiger partial charge in [0.15, 0.2) is 0 Å². The minimum Gasteiger partial charge on any atom is -0.508 e. The molecule has 0 spiro atoms. The minimum absolute atomic E-state index is 0.0356. The maximum Gasteiger partial charge on any atom is 0.413 e. The first kappa shape index (κ1) is 23.3. The Kier molecular flexibility index (Phi) is 6.12. The SMILES string of the molecule is C#CCC(NC(=O)Oc1ccc(-c2coc3cc(O)cc(O)c3c2=O)cc1)C(=O)NCC1(C)N=N1. The molecule has 0 radical (unpaired) electrons. The van der Waals surface area contributed by atoms with Crippen molar-refractivity contribution >= 4 is 23.0 Å². The van der Waals surface area contributed by atoms with Crippen molar-refractivity contribution in [1.82, 2.24) is 10.6 Å². The van der Waals surface area contributed by atoms with Crippen LogP contribution in [-0.2, 0) is 4.79 Å². The lowest BCUT2D eigenvalue weighted by Gasteiger charge is -2.17. The van der Waals surface area contributed by atoms with Crippen molar-refractivity contribution in [2.24, 2.45) is 10.2 Å². The van der Waals surface area contributed by atoms with E-state index in [-0.39, 0.29) is 41.0 Å². The van der Waals surface area contributed by atoms with Crippen molar-refractivity contribution in [3.8, 4) is 40.7 Å². The molecule has 1 unspecified atom stereocenters. The molecule has 0 saturated heterocycles. The number of fused-ring (bicyclic) bond motifs is 1. The summed E-state index contributed by atoms with van der Waals surface area (Å²) in [6, 6.07) is 7.19. The fraction of sp³-hybridized carbons (Fsp3) is 0.208. The normalized spacial score (nSPS) is 14.1. The second kappa shape index (κ2) is 9.18. The van der Waals surface area contributed by atoms with Crippen LogP contribution < -0.4 is 20.8 Å². The number of hydrogen-bond donors (Lipinski definition) is 4. The molecule has 2 heterocycles. The van der Waals surface area contributed by atoms with Gasteiger partial charge in [-0.25, -0.2) is 4.79 Å². The van der Waals surface area contributed by atoms with Crippen molar-refractivity contribution in [3.63, 3.8) is 0 Å². The highest BCUT2D eigenvalue weighted by atomic mass is 16.6. The van der Waals surface area contributed by atoms with Gasteiger partial charge in [0.25, 0.3) is 0 Å². The summed E-state index contributed by atoms with van der Waals surface area (Å²) in [6.45, 7) is 1.93. The number of amides is 2. The molecule has 1 aliphatic heterocycles. The molecule has 11 nitrogen and oxygen atoms in total. The number of nitrogens with one attached hydrogen (secondary N) is 2. The van der Waals surface area contributed by atoms with Gasteiger partial charge in [-0.2, -0.15) is 10.2 Å². The quantitative estimate of drug-likeness (QED) is 0.381. The van der Waals surface area contributed by atoms with E-state index < -0.39 is 34.9 Å². The van der Waals surface area contributed by atoms with Gasteiger partial charge in [0.05, 0.1) is 12.1 Å². The summed E-state index contributed by atoms with van der Waals surface area (Å²) < 4.78 is 10.6. The van der Waals surface area contributed by atoms with Gasteiger partial charge in [-0.05, 0) is 24.6 Å². The van der Waals surface area contributed by atoms with Crippen LogP contribution in [0.25, 0.3) is 22.1 Å². The number of ether oxygens (including phenoxy) is 1. The Labute approximate surface area is 198 Å². The number of hydrogen-bond acceptors (Lipinski definition) is 9. The Morgan fingerprint density at radius 1 is 1.23 bits per heavy atom. The molecule has 0 bridgehead atoms. The molecule has 1 aromatic heterocycles. The van der Waals surface area contributed by atoms with Gasteiger partial charge in [0, 0.05) is 18.6 Å². The van der Waals surface area contributed by atoms with Crippen LogP contribution in [0.5, 0.6) is 17.2 Å². The number of carbonyl (C=O) groups is 2. The van der Waals surface area contributed by atoms with Gasteiger partial charge in [0.2, 0.25) is 17.0 Å². The molecule has 0 aliphatic carbocycles. The highest BCUT2D eigenvalue weighted by molar-refractivity contribution is 5.88. The molecule has 2 amide bonds. The lowest BCUT2D eigenvalue weighted by Crippen LogP contribution is -2.49. The number of aromatic hydroxyl groups is 2. The molecule has 3 aromatic rings. The topological polar surface area (TPSA) is 163 Å². The zero-order valence-corrected chi connectivity index (χ0v) is 18.4. The van der Waals surface area contributed by atoms with Crippen molar-refractivity contribution in [1.29, 1.82) is 0 Å². The molecular weight excluding hydrogens is 456 g/mol. The van der Waals surface area contributed by atoms with Crippen LogP contribution in [0.4, 0.5) is 4.79 Å². The number of phenols is 2. The van der Waals surface area contributed by atoms with Gasteiger partial charge < -0.3 is 30.0 Å². The van der Waals surface area contributed by atoms with E-state index in [4.69, 9.17) is 15.6 Å². The van der Waals surface area contributed by atoms with Crippen LogP contribution in [0, 0.1) is 12.3 Å². The Hall–Kier alpha value is -4.85. The lowest BCUT2D eigenvalue weighted by molar-refractivity contribution is -0.123. The highest BCUT2D eigenvalue weighted by Crippen LogP contribution is 2.30. The molecule has 0 fully saturated rings. The van der Waals surface area contributed by atoms with Crippen LogP contribution in [0.3, 0.4) is 0 Å². The van der Waals surface area contributed by atoms with Crippen molar-refractivity contribution in [3.05, 3.63) is 52.9 Å². The zero-order chi connectivity index (χ0) is 25.2. The van der Waals surface area contributed by atoms with Gasteiger partial charge >= 0.3 is 6.09 Å². The third-order valence-electron chi connectivity index (χ3n) is 5.19. The second-order valence-electron chi connectivity index (χ2n) is 7.97. The summed E-state index contributed by atoms with van der Waals surface area (Å²) in [4.78, 5) is 37.5. The van der Waals surface area contributed by atoms with Crippen molar-refractivity contribution in [2.45, 2.75) is 25.0 Å². The average Bonchev–Trinajstić information content (AvgIpc) is 3.55. The van der Waals surface area contributed by atoms with Crippen LogP contribution in [-0.4, -0.2) is 40.5 Å². The maximum absolute atomic E-state index is 12.8. The Morgan fingerprint density at radius 3 is 2.60 bits per heavy atom. The highest BCUT2D eigenvalue weighted by Gasteiger charge is 2.35. The van der Waals surface area contributed by atoms with Gasteiger partial charge in [0.1, 0.15) is 40.5 Å². The number of nitrogens with zero attached hydrogens (tertiary/aromatic N) is 2. The van der Waals surface area contributed by atoms with Gasteiger partial charge in [-0.3, -0.25) is 9.59 Å². The molecule has 0 saturated carbocycles. The van der Waals surface area contributed by atoms with Crippen LogP contribution in [0.1, 0.15) is 13.3 Å². The first-order chi connectivity index (χ1) is 16.7. The van der Waals surface area contributed by atoms with E-state index in [1.165, 1.54) is 36.6 Å². The minimum atomic E-state index is -1.01. The molecule has 4 rings (SSSR count). The average molecular weight is 476 g/mol. The molecule has 178 valence electrons. The molecule has 4 N–H and O–H groups in total. The van der Waals surface area contributed by atoms with Crippen LogP contribution in [0.2, 0.25) is 0 Å². The molecule has 1 atom stereocenters. The van der Waals surface area contributed by atoms with E-state index in [2.05, 4.69) is 26.8 Å². The van der Waals surface area contributed by atoms with E-state index in [1.54, 1.807) is 6.92 Å². The summed E-state index contributed by atoms with van der Waals surface area (Å²) in [5, 5.41) is 32.2. The van der Waals surface area contributed by atoms with Crippen molar-refractivity contribution < 1.29 is 29.0 Å². The molecule has 2 aromatic carbocycles. The van der Waals surface area contributed by atoms with Gasteiger partial charge in [-0.1, -0.05) is 12.1 Å². The lowest BCUT2D eigenvalue weighted by atomic mass is 10.0.